The molecule has 0 atom stereocenters. The van der Waals surface area contributed by atoms with Crippen LogP contribution >= 0.6 is 0 Å². The largest absolute Gasteiger partial charge is 0.460 e. The lowest BCUT2D eigenvalue weighted by Gasteiger charge is -2.37. The Hall–Kier alpha value is -1.56. The molecule has 0 fully saturated rings. The standard InChI is InChI=1S/C10H8F11NO/c1-3-4(2)5(23)22-10(20,21)8(15,16)6(11,12)7(13,14)9(17,18)19/h2-3H2,1H3,(H,22,23). The summed E-state index contributed by atoms with van der Waals surface area (Å²) in [7, 11) is 0. The summed E-state index contributed by atoms with van der Waals surface area (Å²) in [5.74, 6) is -24.4. The van der Waals surface area contributed by atoms with Crippen LogP contribution in [0.5, 0.6) is 0 Å². The van der Waals surface area contributed by atoms with Crippen LogP contribution in [0.1, 0.15) is 13.3 Å². The highest BCUT2D eigenvalue weighted by atomic mass is 19.4. The fourth-order valence-electron chi connectivity index (χ4n) is 1.04. The fourth-order valence-corrected chi connectivity index (χ4v) is 1.04. The zero-order valence-corrected chi connectivity index (χ0v) is 11.0. The Morgan fingerprint density at radius 1 is 0.826 bits per heavy atom. The van der Waals surface area contributed by atoms with E-state index in [1.54, 1.807) is 0 Å². The summed E-state index contributed by atoms with van der Waals surface area (Å²) in [5, 5.41) is -0.0256. The number of hydrogen-bond donors (Lipinski definition) is 1. The maximum atomic E-state index is 13.1. The lowest BCUT2D eigenvalue weighted by Crippen LogP contribution is -2.70. The highest BCUT2D eigenvalue weighted by Crippen LogP contribution is 2.56. The smallest absolute Gasteiger partial charge is 0.288 e. The van der Waals surface area contributed by atoms with E-state index < -0.39 is 47.9 Å². The van der Waals surface area contributed by atoms with Crippen LogP contribution in [0.3, 0.4) is 0 Å². The molecular weight excluding hydrogens is 359 g/mol. The second kappa shape index (κ2) is 5.82. The molecule has 23 heavy (non-hydrogen) atoms. The average molecular weight is 367 g/mol. The topological polar surface area (TPSA) is 29.1 Å². The summed E-state index contributed by atoms with van der Waals surface area (Å²) in [6.45, 7) is 3.90. The van der Waals surface area contributed by atoms with Gasteiger partial charge in [0.1, 0.15) is 0 Å². The van der Waals surface area contributed by atoms with E-state index in [0.717, 1.165) is 6.92 Å². The minimum Gasteiger partial charge on any atom is -0.288 e. The van der Waals surface area contributed by atoms with Crippen LogP contribution in [0.15, 0.2) is 12.2 Å². The van der Waals surface area contributed by atoms with E-state index in [0.29, 0.717) is 0 Å². The third-order valence-corrected chi connectivity index (χ3v) is 2.56. The lowest BCUT2D eigenvalue weighted by atomic mass is 10.0. The number of rotatable bonds is 6. The highest BCUT2D eigenvalue weighted by Gasteiger charge is 2.87. The molecule has 0 spiro atoms. The molecule has 0 heterocycles. The molecule has 136 valence electrons. The normalized spacial score (nSPS) is 14.6. The molecule has 0 rings (SSSR count). The fraction of sp³-hybridized carbons (Fsp3) is 0.700. The average Bonchev–Trinajstić information content (AvgIpc) is 2.34. The van der Waals surface area contributed by atoms with Crippen molar-refractivity contribution in [1.82, 2.24) is 5.32 Å². The second-order valence-electron chi connectivity index (χ2n) is 4.21. The molecule has 1 N–H and O–H groups in total. The summed E-state index contributed by atoms with van der Waals surface area (Å²) < 4.78 is 138. The van der Waals surface area contributed by atoms with Gasteiger partial charge in [0.2, 0.25) is 0 Å². The third-order valence-electron chi connectivity index (χ3n) is 2.56. The molecular formula is C10H8F11NO. The van der Waals surface area contributed by atoms with Gasteiger partial charge in [0.25, 0.3) is 5.91 Å². The van der Waals surface area contributed by atoms with Crippen LogP contribution in [-0.2, 0) is 4.79 Å². The van der Waals surface area contributed by atoms with Gasteiger partial charge in [-0.2, -0.15) is 48.3 Å². The second-order valence-corrected chi connectivity index (χ2v) is 4.21. The monoisotopic (exact) mass is 367 g/mol. The summed E-state index contributed by atoms with van der Waals surface area (Å²) in [4.78, 5) is 10.9. The highest BCUT2D eigenvalue weighted by molar-refractivity contribution is 5.93. The van der Waals surface area contributed by atoms with Crippen LogP contribution < -0.4 is 5.32 Å². The van der Waals surface area contributed by atoms with Crippen LogP contribution in [0.25, 0.3) is 0 Å². The first kappa shape index (κ1) is 21.4. The number of amides is 1. The quantitative estimate of drug-likeness (QED) is 0.427. The van der Waals surface area contributed by atoms with Crippen molar-refractivity contribution in [3.63, 3.8) is 0 Å². The number of nitrogens with one attached hydrogen (secondary N) is 1. The number of halogens is 11. The summed E-state index contributed by atoms with van der Waals surface area (Å²) in [5.41, 5.74) is -0.827. The van der Waals surface area contributed by atoms with Gasteiger partial charge in [0.05, 0.1) is 0 Å². The lowest BCUT2D eigenvalue weighted by molar-refractivity contribution is -0.424. The molecule has 0 aliphatic carbocycles. The molecule has 0 aliphatic heterocycles. The van der Waals surface area contributed by atoms with E-state index in [1.165, 1.54) is 0 Å². The van der Waals surface area contributed by atoms with Gasteiger partial charge in [-0.1, -0.05) is 13.5 Å². The van der Waals surface area contributed by atoms with Gasteiger partial charge < -0.3 is 0 Å². The van der Waals surface area contributed by atoms with Gasteiger partial charge in [-0.05, 0) is 6.42 Å². The molecule has 0 unspecified atom stereocenters. The Morgan fingerprint density at radius 2 is 1.22 bits per heavy atom. The molecule has 0 radical (unpaired) electrons. The minimum absolute atomic E-state index is 0.0256. The molecule has 2 nitrogen and oxygen atoms in total. The van der Waals surface area contributed by atoms with Gasteiger partial charge in [0, 0.05) is 5.57 Å². The van der Waals surface area contributed by atoms with Gasteiger partial charge in [0.15, 0.2) is 0 Å². The maximum absolute atomic E-state index is 13.1. The molecule has 0 saturated heterocycles. The summed E-state index contributed by atoms with van der Waals surface area (Å²) in [6.07, 6.45) is -7.66. The van der Waals surface area contributed by atoms with Crippen molar-refractivity contribution in [3.8, 4) is 0 Å². The first-order valence-corrected chi connectivity index (χ1v) is 5.45. The predicted octanol–water partition coefficient (Wildman–Crippen LogP) is 4.13. The number of carbonyl (C=O) groups excluding carboxylic acids is 1. The summed E-state index contributed by atoms with van der Waals surface area (Å²) in [6, 6.07) is -6.42. The van der Waals surface area contributed by atoms with E-state index in [-0.39, 0.29) is 5.32 Å². The first-order chi connectivity index (χ1) is 9.87. The zero-order valence-electron chi connectivity index (χ0n) is 11.0. The predicted molar refractivity (Wildman–Crippen MR) is 53.4 cm³/mol. The van der Waals surface area contributed by atoms with Crippen molar-refractivity contribution in [1.29, 1.82) is 0 Å². The van der Waals surface area contributed by atoms with Crippen LogP contribution in [0.2, 0.25) is 0 Å². The van der Waals surface area contributed by atoms with E-state index in [2.05, 4.69) is 6.58 Å². The van der Waals surface area contributed by atoms with Crippen LogP contribution in [0.4, 0.5) is 48.3 Å². The van der Waals surface area contributed by atoms with Gasteiger partial charge >= 0.3 is 30.0 Å². The molecule has 0 saturated carbocycles. The van der Waals surface area contributed by atoms with Crippen molar-refractivity contribution in [2.45, 2.75) is 43.3 Å². The molecule has 0 bridgehead atoms. The van der Waals surface area contributed by atoms with Crippen molar-refractivity contribution in [3.05, 3.63) is 12.2 Å². The summed E-state index contributed by atoms with van der Waals surface area (Å²) >= 11 is 0. The minimum atomic E-state index is -7.55. The van der Waals surface area contributed by atoms with Crippen molar-refractivity contribution in [2.75, 3.05) is 0 Å². The molecule has 0 aromatic carbocycles. The Labute approximate surface area is 121 Å². The van der Waals surface area contributed by atoms with Crippen LogP contribution in [-0.4, -0.2) is 35.9 Å². The molecule has 0 aromatic heterocycles. The number of alkyl halides is 11. The number of hydrogen-bond acceptors (Lipinski definition) is 1. The van der Waals surface area contributed by atoms with Crippen molar-refractivity contribution in [2.24, 2.45) is 0 Å². The molecule has 13 heteroatoms. The van der Waals surface area contributed by atoms with Gasteiger partial charge in [-0.15, -0.1) is 0 Å². The maximum Gasteiger partial charge on any atom is 0.460 e. The van der Waals surface area contributed by atoms with E-state index in [1.807, 2.05) is 0 Å². The Balaban J connectivity index is 5.85. The zero-order chi connectivity index (χ0) is 19.1. The SMILES string of the molecule is C=C(CC)C(=O)NC(F)(F)C(F)(F)C(F)(F)C(F)(F)C(F)(F)F. The van der Waals surface area contributed by atoms with E-state index >= 15 is 0 Å². The van der Waals surface area contributed by atoms with Crippen molar-refractivity contribution >= 4 is 5.91 Å². The number of carbonyl (C=O) groups is 1. The van der Waals surface area contributed by atoms with Gasteiger partial charge in [-0.3, -0.25) is 10.1 Å². The van der Waals surface area contributed by atoms with E-state index in [9.17, 15) is 53.1 Å². The molecule has 0 aliphatic rings. The van der Waals surface area contributed by atoms with Gasteiger partial charge in [-0.25, -0.2) is 0 Å². The molecule has 0 aromatic rings. The Kier molecular flexibility index (Phi) is 5.42. The third kappa shape index (κ3) is 3.37. The Morgan fingerprint density at radius 3 is 1.52 bits per heavy atom. The molecule has 1 amide bonds. The van der Waals surface area contributed by atoms with E-state index in [4.69, 9.17) is 0 Å². The first-order valence-electron chi connectivity index (χ1n) is 5.45. The van der Waals surface area contributed by atoms with Crippen molar-refractivity contribution < 1.29 is 53.1 Å². The van der Waals surface area contributed by atoms with Crippen LogP contribution in [0, 0.1) is 0 Å². The Bertz CT molecular complexity index is 480.